The monoisotopic (exact) mass is 379 g/mol. The van der Waals surface area contributed by atoms with Gasteiger partial charge in [-0.2, -0.15) is 12.6 Å². The molecule has 0 radical (unpaired) electrons. The molecule has 1 aliphatic heterocycles. The number of nitrogens with zero attached hydrogens (tertiary/aromatic N) is 2. The molecule has 1 fully saturated rings. The molecule has 0 aliphatic carbocycles. The largest absolute Gasteiger partial charge is 0.480 e. The van der Waals surface area contributed by atoms with Gasteiger partial charge in [-0.1, -0.05) is 30.3 Å². The Bertz CT molecular complexity index is 641. The van der Waals surface area contributed by atoms with Gasteiger partial charge in [-0.25, -0.2) is 9.59 Å². The molecule has 0 aromatic heterocycles. The maximum atomic E-state index is 12.6. The van der Waals surface area contributed by atoms with Gasteiger partial charge < -0.3 is 15.7 Å². The third-order valence-corrected chi connectivity index (χ3v) is 4.94. The lowest BCUT2D eigenvalue weighted by molar-refractivity contribution is -0.142. The Labute approximate surface area is 158 Å². The number of carbonyl (C=O) groups excluding carboxylic acids is 2. The summed E-state index contributed by atoms with van der Waals surface area (Å²) in [5.41, 5.74) is 6.53. The topological polar surface area (TPSA) is 104 Å². The predicted molar refractivity (Wildman–Crippen MR) is 101 cm³/mol. The van der Waals surface area contributed by atoms with Crippen LogP contribution in [0, 0.1) is 0 Å². The van der Waals surface area contributed by atoms with Crippen molar-refractivity contribution in [3.8, 4) is 0 Å². The molecule has 0 spiro atoms. The summed E-state index contributed by atoms with van der Waals surface area (Å²) in [4.78, 5) is 38.7. The van der Waals surface area contributed by atoms with Gasteiger partial charge in [-0.15, -0.1) is 0 Å². The standard InChI is InChI=1S/C18H25N3O4S/c19-11-5-4-8-14(17(23)24)20-12-15(22)21(18(20)25)16(26)10-9-13-6-2-1-3-7-13/h1-3,6-7,14,16,26H,4-5,8-12,19H2,(H,23,24)/t14-,16?/m0/s1. The number of aliphatic carboxylic acids is 1. The summed E-state index contributed by atoms with van der Waals surface area (Å²) in [7, 11) is 0. The van der Waals surface area contributed by atoms with Crippen molar-refractivity contribution >= 4 is 30.5 Å². The van der Waals surface area contributed by atoms with Crippen molar-refractivity contribution in [1.82, 2.24) is 9.80 Å². The molecule has 1 aromatic rings. The summed E-state index contributed by atoms with van der Waals surface area (Å²) in [6, 6.07) is 8.12. The molecule has 2 rings (SSSR count). The minimum atomic E-state index is -1.11. The summed E-state index contributed by atoms with van der Waals surface area (Å²) in [6.45, 7) is 0.240. The maximum absolute atomic E-state index is 12.6. The number of rotatable bonds is 10. The van der Waals surface area contributed by atoms with Crippen LogP contribution >= 0.6 is 12.6 Å². The number of amides is 3. The summed E-state index contributed by atoms with van der Waals surface area (Å²) in [5, 5.41) is 8.86. The van der Waals surface area contributed by atoms with Crippen LogP contribution in [0.15, 0.2) is 30.3 Å². The van der Waals surface area contributed by atoms with E-state index in [1.807, 2.05) is 30.3 Å². The highest BCUT2D eigenvalue weighted by molar-refractivity contribution is 7.80. The SMILES string of the molecule is NCCCC[C@@H](C(=O)O)N1CC(=O)N(C(S)CCc2ccccc2)C1=O. The summed E-state index contributed by atoms with van der Waals surface area (Å²) in [5.74, 6) is -1.52. The van der Waals surface area contributed by atoms with Gasteiger partial charge in [-0.05, 0) is 44.2 Å². The fourth-order valence-corrected chi connectivity index (χ4v) is 3.39. The Morgan fingerprint density at radius 3 is 2.50 bits per heavy atom. The molecule has 2 atom stereocenters. The van der Waals surface area contributed by atoms with Crippen LogP contribution in [0.4, 0.5) is 4.79 Å². The minimum absolute atomic E-state index is 0.221. The molecule has 142 valence electrons. The first-order chi connectivity index (χ1) is 12.5. The Morgan fingerprint density at radius 1 is 1.19 bits per heavy atom. The van der Waals surface area contributed by atoms with E-state index in [2.05, 4.69) is 12.6 Å². The number of imide groups is 1. The lowest BCUT2D eigenvalue weighted by Crippen LogP contribution is -2.45. The van der Waals surface area contributed by atoms with Crippen LogP contribution in [0.3, 0.4) is 0 Å². The van der Waals surface area contributed by atoms with Crippen LogP contribution in [-0.2, 0) is 16.0 Å². The van der Waals surface area contributed by atoms with Crippen LogP contribution in [-0.4, -0.2) is 57.3 Å². The Kier molecular flexibility index (Phi) is 7.47. The highest BCUT2D eigenvalue weighted by Crippen LogP contribution is 2.23. The summed E-state index contributed by atoms with van der Waals surface area (Å²) >= 11 is 4.41. The Morgan fingerprint density at radius 2 is 1.88 bits per heavy atom. The molecule has 3 amide bonds. The second-order valence-electron chi connectivity index (χ2n) is 6.32. The van der Waals surface area contributed by atoms with Crippen LogP contribution in [0.1, 0.15) is 31.2 Å². The molecule has 7 nitrogen and oxygen atoms in total. The van der Waals surface area contributed by atoms with E-state index in [4.69, 9.17) is 5.73 Å². The first-order valence-electron chi connectivity index (χ1n) is 8.73. The zero-order valence-corrected chi connectivity index (χ0v) is 15.5. The first-order valence-corrected chi connectivity index (χ1v) is 9.25. The Balaban J connectivity index is 2.00. The number of hydrogen-bond donors (Lipinski definition) is 3. The molecule has 3 N–H and O–H groups in total. The van der Waals surface area contributed by atoms with Crippen molar-refractivity contribution in [2.24, 2.45) is 5.73 Å². The third-order valence-electron chi connectivity index (χ3n) is 4.45. The van der Waals surface area contributed by atoms with Crippen molar-refractivity contribution in [1.29, 1.82) is 0 Å². The third kappa shape index (κ3) is 4.98. The van der Waals surface area contributed by atoms with Crippen LogP contribution in [0.5, 0.6) is 0 Å². The summed E-state index contributed by atoms with van der Waals surface area (Å²) < 4.78 is 0. The molecule has 0 bridgehead atoms. The predicted octanol–water partition coefficient (Wildman–Crippen LogP) is 1.72. The number of nitrogens with two attached hydrogens (primary N) is 1. The van der Waals surface area contributed by atoms with Crippen molar-refractivity contribution in [3.63, 3.8) is 0 Å². The first kappa shape index (κ1) is 20.3. The van der Waals surface area contributed by atoms with E-state index in [1.165, 1.54) is 0 Å². The number of carbonyl (C=O) groups is 3. The zero-order valence-electron chi connectivity index (χ0n) is 14.6. The van der Waals surface area contributed by atoms with Gasteiger partial charge in [0.15, 0.2) is 0 Å². The van der Waals surface area contributed by atoms with Gasteiger partial charge in [-0.3, -0.25) is 9.69 Å². The van der Waals surface area contributed by atoms with Gasteiger partial charge in [0.25, 0.3) is 5.91 Å². The van der Waals surface area contributed by atoms with E-state index < -0.39 is 29.3 Å². The fourth-order valence-electron chi connectivity index (χ4n) is 3.04. The number of carboxylic acid groups (broad SMARTS) is 1. The molecule has 8 heteroatoms. The van der Waals surface area contributed by atoms with Gasteiger partial charge >= 0.3 is 12.0 Å². The number of hydrogen-bond acceptors (Lipinski definition) is 5. The van der Waals surface area contributed by atoms with Crippen molar-refractivity contribution in [2.45, 2.75) is 43.5 Å². The molecule has 1 aromatic carbocycles. The molecule has 1 heterocycles. The quantitative estimate of drug-likeness (QED) is 0.326. The molecule has 1 unspecified atom stereocenters. The van der Waals surface area contributed by atoms with Gasteiger partial charge in [0.2, 0.25) is 0 Å². The minimum Gasteiger partial charge on any atom is -0.480 e. The average molecular weight is 379 g/mol. The smallest absolute Gasteiger partial charge is 0.328 e. The zero-order chi connectivity index (χ0) is 19.1. The molecular weight excluding hydrogens is 354 g/mol. The van der Waals surface area contributed by atoms with E-state index in [0.717, 1.165) is 15.4 Å². The van der Waals surface area contributed by atoms with Crippen molar-refractivity contribution < 1.29 is 19.5 Å². The van der Waals surface area contributed by atoms with Crippen molar-refractivity contribution in [3.05, 3.63) is 35.9 Å². The van der Waals surface area contributed by atoms with E-state index in [9.17, 15) is 19.5 Å². The van der Waals surface area contributed by atoms with Gasteiger partial charge in [0, 0.05) is 0 Å². The van der Waals surface area contributed by atoms with E-state index >= 15 is 0 Å². The number of carboxylic acids is 1. The second-order valence-corrected chi connectivity index (χ2v) is 6.91. The summed E-state index contributed by atoms with van der Waals surface area (Å²) in [6.07, 6.45) is 2.72. The average Bonchev–Trinajstić information content (AvgIpc) is 2.91. The van der Waals surface area contributed by atoms with Gasteiger partial charge in [0.05, 0.1) is 5.37 Å². The molecule has 1 saturated heterocycles. The normalized spacial score (nSPS) is 16.8. The van der Waals surface area contributed by atoms with E-state index in [1.54, 1.807) is 0 Å². The van der Waals surface area contributed by atoms with Crippen molar-refractivity contribution in [2.75, 3.05) is 13.1 Å². The lowest BCUT2D eigenvalue weighted by atomic mass is 10.1. The van der Waals surface area contributed by atoms with Crippen LogP contribution in [0.25, 0.3) is 0 Å². The fraction of sp³-hybridized carbons (Fsp3) is 0.500. The van der Waals surface area contributed by atoms with Crippen LogP contribution in [0.2, 0.25) is 0 Å². The molecule has 26 heavy (non-hydrogen) atoms. The maximum Gasteiger partial charge on any atom is 0.328 e. The van der Waals surface area contributed by atoms with E-state index in [0.29, 0.717) is 32.2 Å². The number of thiol groups is 1. The van der Waals surface area contributed by atoms with E-state index in [-0.39, 0.29) is 13.0 Å². The lowest BCUT2D eigenvalue weighted by Gasteiger charge is -2.26. The highest BCUT2D eigenvalue weighted by Gasteiger charge is 2.44. The molecular formula is C18H25N3O4S. The van der Waals surface area contributed by atoms with Crippen LogP contribution < -0.4 is 5.73 Å². The number of aryl methyl sites for hydroxylation is 1. The number of unbranched alkanes of at least 4 members (excludes halogenated alkanes) is 1. The molecule has 1 aliphatic rings. The second kappa shape index (κ2) is 9.59. The highest BCUT2D eigenvalue weighted by atomic mass is 32.1. The number of benzene rings is 1. The Hall–Kier alpha value is -2.06. The molecule has 0 saturated carbocycles. The van der Waals surface area contributed by atoms with Gasteiger partial charge in [0.1, 0.15) is 12.6 Å². The number of urea groups is 1.